The molecule has 0 bridgehead atoms. The molecule has 0 radical (unpaired) electrons. The van der Waals surface area contributed by atoms with E-state index in [4.69, 9.17) is 22.6 Å². The fraction of sp³-hybridized carbons (Fsp3) is 0.455. The standard InChI is InChI=1S/C30H39N7O4.C14H14ClN3/c1-21-2-3-24(16-23(21)19-37(20-38)27-6-7-28(39)33-30(27)41)36-14-12-34(13-15-36)18-22-8-10-35(11-9-22)25-4-5-26(29(31)40)32-17-25;15-11-4-5-12(18-6-2-1-3-7-18)14-13(11)10(8-16)9-17-14/h2-5,16-17,20,22,27H,6-15,18-19H2,1H3,(H2,31,40)(H,33,39,41);4-5,9,17H,1-3,6-7H2. The zero-order chi connectivity index (χ0) is 41.5. The van der Waals surface area contributed by atoms with Crippen LogP contribution in [0.5, 0.6) is 0 Å². The number of piperidine rings is 3. The summed E-state index contributed by atoms with van der Waals surface area (Å²) in [6.07, 6.45) is 10.8. The van der Waals surface area contributed by atoms with E-state index in [1.165, 1.54) is 24.2 Å². The van der Waals surface area contributed by atoms with Crippen molar-refractivity contribution in [1.29, 1.82) is 5.26 Å². The van der Waals surface area contributed by atoms with Crippen LogP contribution in [0, 0.1) is 24.2 Å². The minimum atomic E-state index is -0.622. The van der Waals surface area contributed by atoms with E-state index in [1.807, 2.05) is 25.1 Å². The Bertz CT molecular complexity index is 2180. The number of pyridine rings is 1. The molecule has 4 aliphatic rings. The lowest BCUT2D eigenvalue weighted by atomic mass is 9.95. The van der Waals surface area contributed by atoms with Gasteiger partial charge in [-0.2, -0.15) is 5.26 Å². The number of nitrogens with one attached hydrogen (secondary N) is 2. The number of anilines is 3. The second-order valence-electron chi connectivity index (χ2n) is 16.0. The fourth-order valence-electron chi connectivity index (χ4n) is 8.77. The van der Waals surface area contributed by atoms with E-state index in [0.717, 1.165) is 111 Å². The number of amides is 4. The van der Waals surface area contributed by atoms with E-state index < -0.39 is 17.9 Å². The van der Waals surface area contributed by atoms with Crippen molar-refractivity contribution in [3.8, 4) is 6.07 Å². The summed E-state index contributed by atoms with van der Waals surface area (Å²) in [5, 5.41) is 12.9. The number of hydrogen-bond acceptors (Lipinski definition) is 10. The monoisotopic (exact) mass is 820 g/mol. The summed E-state index contributed by atoms with van der Waals surface area (Å²) in [5.41, 5.74) is 12.6. The molecule has 59 heavy (non-hydrogen) atoms. The third-order valence-corrected chi connectivity index (χ3v) is 12.6. The fourth-order valence-corrected chi connectivity index (χ4v) is 9.03. The summed E-state index contributed by atoms with van der Waals surface area (Å²) in [5.74, 6) is -0.540. The van der Waals surface area contributed by atoms with E-state index in [2.05, 4.69) is 59.2 Å². The normalized spacial score (nSPS) is 19.1. The second kappa shape index (κ2) is 18.9. The van der Waals surface area contributed by atoms with Crippen molar-refractivity contribution in [2.24, 2.45) is 11.7 Å². The number of carbonyl (C=O) groups excluding carboxylic acids is 4. The number of aromatic amines is 1. The topological polar surface area (TPSA) is 175 Å². The molecular formula is C44H53ClN10O4. The molecule has 4 amide bonds. The molecular weight excluding hydrogens is 768 g/mol. The van der Waals surface area contributed by atoms with Gasteiger partial charge in [0.05, 0.1) is 33.7 Å². The van der Waals surface area contributed by atoms with Crippen molar-refractivity contribution in [2.75, 3.05) is 73.6 Å². The molecule has 1 unspecified atom stereocenters. The predicted octanol–water partition coefficient (Wildman–Crippen LogP) is 4.97. The zero-order valence-electron chi connectivity index (χ0n) is 33.7. The van der Waals surface area contributed by atoms with Crippen LogP contribution in [0.15, 0.2) is 54.9 Å². The van der Waals surface area contributed by atoms with Crippen molar-refractivity contribution in [2.45, 2.75) is 64.5 Å². The number of aromatic nitrogens is 2. The van der Waals surface area contributed by atoms with Gasteiger partial charge in [-0.15, -0.1) is 0 Å². The first-order valence-corrected chi connectivity index (χ1v) is 21.1. The largest absolute Gasteiger partial charge is 0.370 e. The number of fused-ring (bicyclic) bond motifs is 1. The highest BCUT2D eigenvalue weighted by Gasteiger charge is 2.32. The van der Waals surface area contributed by atoms with Gasteiger partial charge < -0.3 is 30.3 Å². The molecule has 2 aromatic carbocycles. The van der Waals surface area contributed by atoms with Crippen molar-refractivity contribution in [3.63, 3.8) is 0 Å². The lowest BCUT2D eigenvalue weighted by Gasteiger charge is -2.40. The van der Waals surface area contributed by atoms with Crippen LogP contribution in [0.2, 0.25) is 5.02 Å². The first-order chi connectivity index (χ1) is 28.6. The Kier molecular flexibility index (Phi) is 13.3. The number of nitriles is 1. The summed E-state index contributed by atoms with van der Waals surface area (Å²) in [4.78, 5) is 65.5. The van der Waals surface area contributed by atoms with Gasteiger partial charge in [0.25, 0.3) is 5.91 Å². The van der Waals surface area contributed by atoms with E-state index in [0.29, 0.717) is 41.6 Å². The molecule has 310 valence electrons. The van der Waals surface area contributed by atoms with Crippen molar-refractivity contribution in [3.05, 3.63) is 82.3 Å². The minimum Gasteiger partial charge on any atom is -0.370 e. The number of H-pyrrole nitrogens is 1. The van der Waals surface area contributed by atoms with Crippen molar-refractivity contribution in [1.82, 2.24) is 25.1 Å². The number of primary amides is 1. The van der Waals surface area contributed by atoms with Crippen LogP contribution in [0.25, 0.3) is 10.9 Å². The second-order valence-corrected chi connectivity index (χ2v) is 16.4. The summed E-state index contributed by atoms with van der Waals surface area (Å²) < 4.78 is 0. The Labute approximate surface area is 350 Å². The number of nitrogens with zero attached hydrogens (tertiary/aromatic N) is 7. The highest BCUT2D eigenvalue weighted by atomic mass is 35.5. The van der Waals surface area contributed by atoms with Crippen LogP contribution in [0.1, 0.15) is 72.1 Å². The number of nitrogens with two attached hydrogens (primary N) is 1. The number of hydrogen-bond donors (Lipinski definition) is 3. The SMILES string of the molecule is Cc1ccc(N2CCN(CC3CCN(c4ccc(C(N)=O)nc4)CC3)CC2)cc1CN(C=O)C1CCC(=O)NC1=O.N#Cc1c[nH]c2c(N3CCCCC3)ccc(Cl)c12. The van der Waals surface area contributed by atoms with Gasteiger partial charge in [-0.05, 0) is 98.9 Å². The van der Waals surface area contributed by atoms with Crippen molar-refractivity contribution < 1.29 is 19.2 Å². The lowest BCUT2D eigenvalue weighted by Crippen LogP contribution is -2.51. The maximum absolute atomic E-state index is 12.3. The predicted molar refractivity (Wildman–Crippen MR) is 229 cm³/mol. The molecule has 1 atom stereocenters. The van der Waals surface area contributed by atoms with Gasteiger partial charge in [-0.1, -0.05) is 17.7 Å². The van der Waals surface area contributed by atoms with Gasteiger partial charge in [-0.25, -0.2) is 4.98 Å². The zero-order valence-corrected chi connectivity index (χ0v) is 34.4. The molecule has 0 aliphatic carbocycles. The summed E-state index contributed by atoms with van der Waals surface area (Å²) in [6, 6.07) is 15.5. The van der Waals surface area contributed by atoms with Crippen LogP contribution >= 0.6 is 11.6 Å². The summed E-state index contributed by atoms with van der Waals surface area (Å²) in [6.45, 7) is 11.4. The Morgan fingerprint density at radius 3 is 2.34 bits per heavy atom. The Hall–Kier alpha value is -5.65. The van der Waals surface area contributed by atoms with Crippen LogP contribution < -0.4 is 25.8 Å². The maximum Gasteiger partial charge on any atom is 0.267 e. The van der Waals surface area contributed by atoms with Gasteiger partial charge >= 0.3 is 0 Å². The highest BCUT2D eigenvalue weighted by Crippen LogP contribution is 2.35. The number of aryl methyl sites for hydroxylation is 1. The van der Waals surface area contributed by atoms with Gasteiger partial charge in [-0.3, -0.25) is 29.4 Å². The van der Waals surface area contributed by atoms with E-state index >= 15 is 0 Å². The van der Waals surface area contributed by atoms with Crippen LogP contribution in [-0.2, 0) is 20.9 Å². The third-order valence-electron chi connectivity index (χ3n) is 12.2. The van der Waals surface area contributed by atoms with Crippen LogP contribution in [-0.4, -0.2) is 109 Å². The molecule has 14 nitrogen and oxygen atoms in total. The first kappa shape index (κ1) is 41.5. The number of imide groups is 1. The van der Waals surface area contributed by atoms with Crippen LogP contribution in [0.4, 0.5) is 17.1 Å². The van der Waals surface area contributed by atoms with Gasteiger partial charge in [0.15, 0.2) is 0 Å². The smallest absolute Gasteiger partial charge is 0.267 e. The molecule has 4 aromatic rings. The van der Waals surface area contributed by atoms with Gasteiger partial charge in [0.2, 0.25) is 18.2 Å². The molecule has 4 fully saturated rings. The molecule has 2 aromatic heterocycles. The third kappa shape index (κ3) is 9.80. The maximum atomic E-state index is 12.3. The average Bonchev–Trinajstić information content (AvgIpc) is 3.70. The molecule has 4 saturated heterocycles. The van der Waals surface area contributed by atoms with Gasteiger partial charge in [0.1, 0.15) is 17.8 Å². The number of rotatable bonds is 10. The number of halogens is 1. The molecule has 8 rings (SSSR count). The number of carbonyl (C=O) groups is 4. The van der Waals surface area contributed by atoms with E-state index in [9.17, 15) is 19.2 Å². The van der Waals surface area contributed by atoms with Crippen LogP contribution in [0.3, 0.4) is 0 Å². The quantitative estimate of drug-likeness (QED) is 0.146. The van der Waals surface area contributed by atoms with Gasteiger partial charge in [0, 0.05) is 89.1 Å². The highest BCUT2D eigenvalue weighted by molar-refractivity contribution is 6.36. The lowest BCUT2D eigenvalue weighted by molar-refractivity contribution is -0.141. The first-order valence-electron chi connectivity index (χ1n) is 20.7. The Morgan fingerprint density at radius 2 is 1.68 bits per heavy atom. The van der Waals surface area contributed by atoms with Crippen molar-refractivity contribution >= 4 is 63.7 Å². The summed E-state index contributed by atoms with van der Waals surface area (Å²) >= 11 is 6.20. The average molecular weight is 821 g/mol. The minimum absolute atomic E-state index is 0.243. The molecule has 15 heteroatoms. The molecule has 4 aliphatic heterocycles. The van der Waals surface area contributed by atoms with E-state index in [-0.39, 0.29) is 12.3 Å². The number of piperazine rings is 1. The Balaban J connectivity index is 0.000000243. The number of benzene rings is 2. The van der Waals surface area contributed by atoms with E-state index in [1.54, 1.807) is 18.5 Å². The molecule has 6 heterocycles. The molecule has 4 N–H and O–H groups in total. The summed E-state index contributed by atoms with van der Waals surface area (Å²) in [7, 11) is 0. The molecule has 0 spiro atoms. The molecule has 0 saturated carbocycles. The Morgan fingerprint density at radius 1 is 0.949 bits per heavy atom.